The maximum Gasteiger partial charge on any atom is 0.495 e. The minimum atomic E-state index is -0.340. The first-order valence-electron chi connectivity index (χ1n) is 7.95. The van der Waals surface area contributed by atoms with E-state index >= 15 is 0 Å². The molecule has 2 aliphatic heterocycles. The van der Waals surface area contributed by atoms with E-state index in [-0.39, 0.29) is 18.3 Å². The zero-order chi connectivity index (χ0) is 16.0. The Bertz CT molecular complexity index is 540. The second-order valence-corrected chi connectivity index (χ2v) is 7.09. The van der Waals surface area contributed by atoms with Gasteiger partial charge in [-0.05, 0) is 51.7 Å². The van der Waals surface area contributed by atoms with Crippen LogP contribution in [0.5, 0.6) is 0 Å². The number of hydrogen-bond acceptors (Lipinski definition) is 5. The number of anilines is 1. The second kappa shape index (κ2) is 5.51. The lowest BCUT2D eigenvalue weighted by Gasteiger charge is -2.32. The fraction of sp³-hybridized carbons (Fsp3) is 0.688. The van der Waals surface area contributed by atoms with Crippen molar-refractivity contribution in [2.75, 3.05) is 31.2 Å². The molecule has 0 aliphatic carbocycles. The standard InChI is InChI=1S/C16H25BN2O3/c1-12-11-18-14(19-6-8-20-9-7-19)10-13(12)17-21-15(2,3)16(4,5)22-17/h10-11H,6-9H2,1-5H3. The molecular formula is C16H25BN2O3. The summed E-state index contributed by atoms with van der Waals surface area (Å²) in [6.07, 6.45) is 1.91. The maximum absolute atomic E-state index is 6.18. The molecule has 1 aromatic rings. The topological polar surface area (TPSA) is 43.8 Å². The molecule has 0 atom stereocenters. The van der Waals surface area contributed by atoms with Gasteiger partial charge in [-0.2, -0.15) is 0 Å². The molecule has 0 amide bonds. The Morgan fingerprint density at radius 2 is 1.68 bits per heavy atom. The van der Waals surface area contributed by atoms with Gasteiger partial charge in [0, 0.05) is 19.3 Å². The minimum Gasteiger partial charge on any atom is -0.399 e. The quantitative estimate of drug-likeness (QED) is 0.775. The number of pyridine rings is 1. The minimum absolute atomic E-state index is 0.327. The van der Waals surface area contributed by atoms with E-state index in [0.717, 1.165) is 43.1 Å². The first kappa shape index (κ1) is 15.8. The zero-order valence-electron chi connectivity index (χ0n) is 14.2. The van der Waals surface area contributed by atoms with E-state index in [1.807, 2.05) is 6.20 Å². The van der Waals surface area contributed by atoms with Crippen molar-refractivity contribution < 1.29 is 14.0 Å². The van der Waals surface area contributed by atoms with Gasteiger partial charge in [0.1, 0.15) is 5.82 Å². The molecule has 0 saturated carbocycles. The highest BCUT2D eigenvalue weighted by Gasteiger charge is 2.52. The lowest BCUT2D eigenvalue weighted by molar-refractivity contribution is 0.00578. The van der Waals surface area contributed by atoms with E-state index in [9.17, 15) is 0 Å². The molecule has 0 bridgehead atoms. The Labute approximate surface area is 133 Å². The van der Waals surface area contributed by atoms with Crippen LogP contribution >= 0.6 is 0 Å². The number of hydrogen-bond donors (Lipinski definition) is 0. The van der Waals surface area contributed by atoms with Gasteiger partial charge in [0.05, 0.1) is 24.4 Å². The van der Waals surface area contributed by atoms with Gasteiger partial charge in [0.2, 0.25) is 0 Å². The van der Waals surface area contributed by atoms with Crippen LogP contribution in [0.2, 0.25) is 0 Å². The van der Waals surface area contributed by atoms with E-state index in [1.165, 1.54) is 0 Å². The van der Waals surface area contributed by atoms with E-state index in [4.69, 9.17) is 14.0 Å². The van der Waals surface area contributed by atoms with Gasteiger partial charge in [0.15, 0.2) is 0 Å². The number of aryl methyl sites for hydroxylation is 1. The molecule has 3 rings (SSSR count). The van der Waals surface area contributed by atoms with Crippen molar-refractivity contribution in [3.63, 3.8) is 0 Å². The largest absolute Gasteiger partial charge is 0.495 e. The Morgan fingerprint density at radius 3 is 2.27 bits per heavy atom. The van der Waals surface area contributed by atoms with E-state index in [1.54, 1.807) is 0 Å². The summed E-state index contributed by atoms with van der Waals surface area (Å²) in [7, 11) is -0.340. The van der Waals surface area contributed by atoms with Crippen molar-refractivity contribution >= 4 is 18.4 Å². The molecule has 0 aromatic carbocycles. The fourth-order valence-electron chi connectivity index (χ4n) is 2.72. The first-order valence-corrected chi connectivity index (χ1v) is 7.95. The zero-order valence-corrected chi connectivity index (χ0v) is 14.2. The van der Waals surface area contributed by atoms with Crippen molar-refractivity contribution in [3.8, 4) is 0 Å². The predicted octanol–water partition coefficient (Wildman–Crippen LogP) is 1.53. The van der Waals surface area contributed by atoms with Gasteiger partial charge in [-0.15, -0.1) is 0 Å². The molecule has 3 heterocycles. The highest BCUT2D eigenvalue weighted by molar-refractivity contribution is 6.62. The van der Waals surface area contributed by atoms with E-state index in [2.05, 4.69) is 50.6 Å². The van der Waals surface area contributed by atoms with Gasteiger partial charge >= 0.3 is 7.12 Å². The summed E-state index contributed by atoms with van der Waals surface area (Å²) in [4.78, 5) is 6.81. The van der Waals surface area contributed by atoms with Crippen LogP contribution in [0.25, 0.3) is 0 Å². The summed E-state index contributed by atoms with van der Waals surface area (Å²) < 4.78 is 17.8. The molecule has 6 heteroatoms. The summed E-state index contributed by atoms with van der Waals surface area (Å²) in [5, 5.41) is 0. The molecule has 5 nitrogen and oxygen atoms in total. The number of nitrogens with zero attached hydrogens (tertiary/aromatic N) is 2. The fourth-order valence-corrected chi connectivity index (χ4v) is 2.72. The van der Waals surface area contributed by atoms with Crippen molar-refractivity contribution in [3.05, 3.63) is 17.8 Å². The third-order valence-electron chi connectivity index (χ3n) is 4.97. The van der Waals surface area contributed by atoms with Crippen molar-refractivity contribution in [2.24, 2.45) is 0 Å². The molecule has 0 N–H and O–H groups in total. The van der Waals surface area contributed by atoms with Crippen molar-refractivity contribution in [2.45, 2.75) is 45.8 Å². The summed E-state index contributed by atoms with van der Waals surface area (Å²) in [5.74, 6) is 0.971. The van der Waals surface area contributed by atoms with Gasteiger partial charge in [-0.25, -0.2) is 4.98 Å². The van der Waals surface area contributed by atoms with Gasteiger partial charge in [-0.3, -0.25) is 0 Å². The molecule has 0 unspecified atom stereocenters. The molecule has 120 valence electrons. The highest BCUT2D eigenvalue weighted by atomic mass is 16.7. The molecular weight excluding hydrogens is 279 g/mol. The summed E-state index contributed by atoms with van der Waals surface area (Å²) >= 11 is 0. The Morgan fingerprint density at radius 1 is 1.09 bits per heavy atom. The van der Waals surface area contributed by atoms with Crippen molar-refractivity contribution in [1.82, 2.24) is 4.98 Å². The van der Waals surface area contributed by atoms with Crippen LogP contribution in [-0.2, 0) is 14.0 Å². The molecule has 0 radical (unpaired) electrons. The first-order chi connectivity index (χ1) is 10.3. The predicted molar refractivity (Wildman–Crippen MR) is 87.7 cm³/mol. The van der Waals surface area contributed by atoms with Gasteiger partial charge < -0.3 is 18.9 Å². The van der Waals surface area contributed by atoms with Crippen LogP contribution in [0.4, 0.5) is 5.82 Å². The average Bonchev–Trinajstić information content (AvgIpc) is 2.69. The van der Waals surface area contributed by atoms with Crippen LogP contribution in [-0.4, -0.2) is 49.6 Å². The number of ether oxygens (including phenoxy) is 1. The number of morpholine rings is 1. The lowest BCUT2D eigenvalue weighted by atomic mass is 9.77. The Hall–Kier alpha value is -1.11. The van der Waals surface area contributed by atoms with Crippen molar-refractivity contribution in [1.29, 1.82) is 0 Å². The monoisotopic (exact) mass is 304 g/mol. The molecule has 2 saturated heterocycles. The molecule has 1 aromatic heterocycles. The Balaban J connectivity index is 1.88. The lowest BCUT2D eigenvalue weighted by Crippen LogP contribution is -2.41. The van der Waals surface area contributed by atoms with Crippen LogP contribution < -0.4 is 10.4 Å². The summed E-state index contributed by atoms with van der Waals surface area (Å²) in [6, 6.07) is 2.10. The van der Waals surface area contributed by atoms with E-state index < -0.39 is 0 Å². The third-order valence-corrected chi connectivity index (χ3v) is 4.97. The van der Waals surface area contributed by atoms with Crippen LogP contribution in [0.3, 0.4) is 0 Å². The van der Waals surface area contributed by atoms with Crippen LogP contribution in [0, 0.1) is 6.92 Å². The Kier molecular flexibility index (Phi) is 3.95. The molecule has 2 fully saturated rings. The average molecular weight is 304 g/mol. The molecule has 0 spiro atoms. The third kappa shape index (κ3) is 2.75. The highest BCUT2D eigenvalue weighted by Crippen LogP contribution is 2.36. The molecule has 22 heavy (non-hydrogen) atoms. The van der Waals surface area contributed by atoms with E-state index in [0.29, 0.717) is 0 Å². The summed E-state index contributed by atoms with van der Waals surface area (Å²) in [5.41, 5.74) is 1.50. The molecule has 2 aliphatic rings. The van der Waals surface area contributed by atoms with Crippen LogP contribution in [0.1, 0.15) is 33.3 Å². The summed E-state index contributed by atoms with van der Waals surface area (Å²) in [6.45, 7) is 13.6. The maximum atomic E-state index is 6.18. The van der Waals surface area contributed by atoms with Gasteiger partial charge in [0.25, 0.3) is 0 Å². The SMILES string of the molecule is Cc1cnc(N2CCOCC2)cc1B1OC(C)(C)C(C)(C)O1. The van der Waals surface area contributed by atoms with Gasteiger partial charge in [-0.1, -0.05) is 0 Å². The second-order valence-electron chi connectivity index (χ2n) is 7.09. The van der Waals surface area contributed by atoms with Crippen LogP contribution in [0.15, 0.2) is 12.3 Å². The number of rotatable bonds is 2. The normalized spacial score (nSPS) is 23.9. The smallest absolute Gasteiger partial charge is 0.399 e. The number of aromatic nitrogens is 1.